The molecule has 0 saturated heterocycles. The third kappa shape index (κ3) is 4.11. The Morgan fingerprint density at radius 1 is 1.25 bits per heavy atom. The Morgan fingerprint density at radius 2 is 1.92 bits per heavy atom. The summed E-state index contributed by atoms with van der Waals surface area (Å²) in [5.41, 5.74) is 0.383. The predicted octanol–water partition coefficient (Wildman–Crippen LogP) is 1.73. The van der Waals surface area contributed by atoms with E-state index < -0.39 is 10.0 Å². The number of nitrogens with one attached hydrogen (secondary N) is 1. The van der Waals surface area contributed by atoms with E-state index in [4.69, 9.17) is 9.47 Å². The van der Waals surface area contributed by atoms with Crippen molar-refractivity contribution < 1.29 is 22.7 Å². The van der Waals surface area contributed by atoms with Crippen LogP contribution in [-0.2, 0) is 14.8 Å². The molecule has 7 nitrogen and oxygen atoms in total. The van der Waals surface area contributed by atoms with E-state index in [1.54, 1.807) is 25.1 Å². The van der Waals surface area contributed by atoms with Crippen LogP contribution in [0, 0.1) is 5.92 Å². The smallest absolute Gasteiger partial charge is 0.240 e. The molecular weight excluding hydrogens is 332 g/mol. The first-order valence-electron chi connectivity index (χ1n) is 7.94. The second kappa shape index (κ2) is 7.29. The number of nitrogens with zero attached hydrogens (tertiary/aromatic N) is 1. The maximum atomic E-state index is 12.4. The van der Waals surface area contributed by atoms with E-state index >= 15 is 0 Å². The molecule has 0 radical (unpaired) electrons. The Kier molecular flexibility index (Phi) is 5.58. The molecule has 0 spiro atoms. The van der Waals surface area contributed by atoms with Gasteiger partial charge in [-0.15, -0.1) is 0 Å². The third-order valence-corrected chi connectivity index (χ3v) is 5.76. The van der Waals surface area contributed by atoms with Gasteiger partial charge in [0, 0.05) is 12.1 Å². The number of carbonyl (C=O) groups excluding carboxylic acids is 1. The largest absolute Gasteiger partial charge is 0.454 e. The highest BCUT2D eigenvalue weighted by Gasteiger charge is 2.26. The van der Waals surface area contributed by atoms with Gasteiger partial charge in [0.15, 0.2) is 11.5 Å². The number of amides is 1. The van der Waals surface area contributed by atoms with Gasteiger partial charge in [0.25, 0.3) is 0 Å². The summed E-state index contributed by atoms with van der Waals surface area (Å²) in [6.45, 7) is 7.25. The molecule has 0 saturated carbocycles. The summed E-state index contributed by atoms with van der Waals surface area (Å²) in [6.07, 6.45) is 0. The molecule has 0 aliphatic carbocycles. The first-order chi connectivity index (χ1) is 11.2. The number of rotatable bonds is 7. The van der Waals surface area contributed by atoms with Gasteiger partial charge in [0.2, 0.25) is 22.7 Å². The zero-order chi connectivity index (χ0) is 17.9. The Morgan fingerprint density at radius 3 is 2.54 bits per heavy atom. The molecule has 0 fully saturated rings. The van der Waals surface area contributed by atoms with Crippen LogP contribution >= 0.6 is 0 Å². The number of benzene rings is 1. The number of hydrogen-bond donors (Lipinski definition) is 1. The third-order valence-electron chi connectivity index (χ3n) is 4.02. The quantitative estimate of drug-likeness (QED) is 0.804. The Labute approximate surface area is 143 Å². The van der Waals surface area contributed by atoms with Crippen molar-refractivity contribution >= 4 is 21.6 Å². The zero-order valence-corrected chi connectivity index (χ0v) is 15.2. The normalized spacial score (nSPS) is 14.5. The Bertz CT molecular complexity index is 702. The molecule has 1 amide bonds. The maximum Gasteiger partial charge on any atom is 0.240 e. The molecule has 1 atom stereocenters. The monoisotopic (exact) mass is 356 g/mol. The summed E-state index contributed by atoms with van der Waals surface area (Å²) in [5, 5.41) is 2.83. The lowest BCUT2D eigenvalue weighted by molar-refractivity contribution is -0.120. The molecular formula is C16H24N2O5S. The average molecular weight is 356 g/mol. The number of fused-ring (bicyclic) bond motifs is 1. The lowest BCUT2D eigenvalue weighted by Crippen LogP contribution is -2.45. The molecule has 1 heterocycles. The molecule has 1 aliphatic rings. The van der Waals surface area contributed by atoms with Gasteiger partial charge >= 0.3 is 0 Å². The minimum absolute atomic E-state index is 0.0413. The molecule has 1 aliphatic heterocycles. The Balaban J connectivity index is 2.24. The van der Waals surface area contributed by atoms with Crippen LogP contribution in [0.4, 0.5) is 5.69 Å². The molecule has 0 unspecified atom stereocenters. The van der Waals surface area contributed by atoms with Crippen LogP contribution in [0.2, 0.25) is 0 Å². The lowest BCUT2D eigenvalue weighted by atomic mass is 10.1. The first kappa shape index (κ1) is 18.4. The summed E-state index contributed by atoms with van der Waals surface area (Å²) < 4.78 is 36.5. The lowest BCUT2D eigenvalue weighted by Gasteiger charge is -2.25. The van der Waals surface area contributed by atoms with Gasteiger partial charge in [-0.1, -0.05) is 13.8 Å². The van der Waals surface area contributed by atoms with Crippen molar-refractivity contribution in [2.75, 3.05) is 23.4 Å². The van der Waals surface area contributed by atoms with E-state index in [0.717, 1.165) is 4.31 Å². The van der Waals surface area contributed by atoms with Crippen molar-refractivity contribution in [1.82, 2.24) is 5.32 Å². The number of sulfonamides is 1. The molecule has 1 aromatic carbocycles. The number of carbonyl (C=O) groups is 1. The van der Waals surface area contributed by atoms with Crippen LogP contribution in [0.1, 0.15) is 27.7 Å². The standard InChI is InChI=1S/C16H24N2O5S/c1-5-24(20,21)18(9-16(19)17-12(4)11(2)3)13-6-7-14-15(8-13)23-10-22-14/h6-8,11-12H,5,9-10H2,1-4H3,(H,17,19)/t12-/m0/s1. The average Bonchev–Trinajstić information content (AvgIpc) is 2.99. The van der Waals surface area contributed by atoms with Gasteiger partial charge in [0.05, 0.1) is 11.4 Å². The van der Waals surface area contributed by atoms with Crippen LogP contribution in [0.3, 0.4) is 0 Å². The molecule has 1 aromatic rings. The molecule has 0 bridgehead atoms. The molecule has 1 N–H and O–H groups in total. The van der Waals surface area contributed by atoms with Crippen LogP contribution < -0.4 is 19.1 Å². The topological polar surface area (TPSA) is 84.9 Å². The highest BCUT2D eigenvalue weighted by molar-refractivity contribution is 7.92. The molecule has 2 rings (SSSR count). The summed E-state index contributed by atoms with van der Waals surface area (Å²) >= 11 is 0. The fraction of sp³-hybridized carbons (Fsp3) is 0.562. The zero-order valence-electron chi connectivity index (χ0n) is 14.4. The fourth-order valence-electron chi connectivity index (χ4n) is 2.14. The minimum atomic E-state index is -3.61. The van der Waals surface area contributed by atoms with Crippen LogP contribution in [0.15, 0.2) is 18.2 Å². The van der Waals surface area contributed by atoms with Gasteiger partial charge in [-0.2, -0.15) is 0 Å². The number of ether oxygens (including phenoxy) is 2. The van der Waals surface area contributed by atoms with Crippen molar-refractivity contribution in [3.05, 3.63) is 18.2 Å². The Hall–Kier alpha value is -1.96. The van der Waals surface area contributed by atoms with Gasteiger partial charge in [0.1, 0.15) is 6.54 Å². The SMILES string of the molecule is CCS(=O)(=O)N(CC(=O)N[C@@H](C)C(C)C)c1ccc2c(c1)OCO2. The van der Waals surface area contributed by atoms with Gasteiger partial charge in [-0.25, -0.2) is 8.42 Å². The molecule has 24 heavy (non-hydrogen) atoms. The van der Waals surface area contributed by atoms with Gasteiger partial charge in [-0.3, -0.25) is 9.10 Å². The van der Waals surface area contributed by atoms with E-state index in [-0.39, 0.29) is 37.0 Å². The summed E-state index contributed by atoms with van der Waals surface area (Å²) in [6, 6.07) is 4.79. The molecule has 134 valence electrons. The fourth-order valence-corrected chi connectivity index (χ4v) is 3.20. The molecule has 0 aromatic heterocycles. The number of hydrogen-bond acceptors (Lipinski definition) is 5. The van der Waals surface area contributed by atoms with Crippen molar-refractivity contribution in [3.63, 3.8) is 0 Å². The van der Waals surface area contributed by atoms with E-state index in [0.29, 0.717) is 17.2 Å². The van der Waals surface area contributed by atoms with E-state index in [9.17, 15) is 13.2 Å². The van der Waals surface area contributed by atoms with E-state index in [1.165, 1.54) is 0 Å². The van der Waals surface area contributed by atoms with Crippen LogP contribution in [-0.4, -0.2) is 39.5 Å². The van der Waals surface area contributed by atoms with Crippen molar-refractivity contribution in [2.45, 2.75) is 33.7 Å². The van der Waals surface area contributed by atoms with Gasteiger partial charge in [-0.05, 0) is 31.9 Å². The predicted molar refractivity (Wildman–Crippen MR) is 91.8 cm³/mol. The van der Waals surface area contributed by atoms with Crippen molar-refractivity contribution in [2.24, 2.45) is 5.92 Å². The van der Waals surface area contributed by atoms with Crippen molar-refractivity contribution in [1.29, 1.82) is 0 Å². The second-order valence-corrected chi connectivity index (χ2v) is 8.23. The van der Waals surface area contributed by atoms with Crippen molar-refractivity contribution in [3.8, 4) is 11.5 Å². The summed E-state index contributed by atoms with van der Waals surface area (Å²) in [5.74, 6) is 0.848. The van der Waals surface area contributed by atoms with E-state index in [2.05, 4.69) is 5.32 Å². The highest BCUT2D eigenvalue weighted by atomic mass is 32.2. The minimum Gasteiger partial charge on any atom is -0.454 e. The first-order valence-corrected chi connectivity index (χ1v) is 9.55. The summed E-state index contributed by atoms with van der Waals surface area (Å²) in [4.78, 5) is 12.3. The molecule has 8 heteroatoms. The second-order valence-electron chi connectivity index (χ2n) is 6.04. The summed E-state index contributed by atoms with van der Waals surface area (Å²) in [7, 11) is -3.61. The van der Waals surface area contributed by atoms with Crippen LogP contribution in [0.5, 0.6) is 11.5 Å². The highest BCUT2D eigenvalue weighted by Crippen LogP contribution is 2.36. The number of anilines is 1. The van der Waals surface area contributed by atoms with Crippen LogP contribution in [0.25, 0.3) is 0 Å². The van der Waals surface area contributed by atoms with E-state index in [1.807, 2.05) is 20.8 Å². The van der Waals surface area contributed by atoms with Gasteiger partial charge < -0.3 is 14.8 Å². The maximum absolute atomic E-state index is 12.4.